The van der Waals surface area contributed by atoms with Gasteiger partial charge in [-0.3, -0.25) is 4.90 Å². The van der Waals surface area contributed by atoms with Gasteiger partial charge in [0, 0.05) is 37.6 Å². The molecule has 144 valence electrons. The largest absolute Gasteiger partial charge is 0.488 e. The van der Waals surface area contributed by atoms with Gasteiger partial charge in [-0.25, -0.2) is 14.4 Å². The molecule has 1 saturated heterocycles. The molecule has 0 unspecified atom stereocenters. The van der Waals surface area contributed by atoms with Crippen LogP contribution >= 0.6 is 0 Å². The van der Waals surface area contributed by atoms with Gasteiger partial charge in [-0.15, -0.1) is 0 Å². The average Bonchev–Trinajstić information content (AvgIpc) is 3.05. The Kier molecular flexibility index (Phi) is 5.22. The highest BCUT2D eigenvalue weighted by molar-refractivity contribution is 5.22. The van der Waals surface area contributed by atoms with Crippen LogP contribution in [0.1, 0.15) is 18.4 Å². The number of benzene rings is 1. The standard InChI is InChI=1S/C20H24FN3O3/c1-26-20-22-8-13(9-23-20)10-24-11-14-6-18(25)19(7-15(14)12-24)27-17-4-2-16(21)3-5-17/h2-5,8-9,14-15,18-19,25H,6-7,10-12H2,1H3/t14-,15+,18+,19+/m0/s1. The number of halogens is 1. The molecular formula is C20H24FN3O3. The van der Waals surface area contributed by atoms with E-state index >= 15 is 0 Å². The number of hydrogen-bond acceptors (Lipinski definition) is 6. The third-order valence-electron chi connectivity index (χ3n) is 5.53. The number of aliphatic hydroxyl groups is 1. The molecule has 0 amide bonds. The van der Waals surface area contributed by atoms with Crippen molar-refractivity contribution in [3.05, 3.63) is 48.0 Å². The van der Waals surface area contributed by atoms with Gasteiger partial charge in [0.25, 0.3) is 0 Å². The van der Waals surface area contributed by atoms with Crippen LogP contribution in [0.2, 0.25) is 0 Å². The Morgan fingerprint density at radius 1 is 1.11 bits per heavy atom. The predicted octanol–water partition coefficient (Wildman–Crippen LogP) is 2.27. The molecule has 2 fully saturated rings. The summed E-state index contributed by atoms with van der Waals surface area (Å²) in [7, 11) is 1.55. The lowest BCUT2D eigenvalue weighted by atomic mass is 9.78. The van der Waals surface area contributed by atoms with E-state index in [1.54, 1.807) is 31.6 Å². The Labute approximate surface area is 158 Å². The van der Waals surface area contributed by atoms with Crippen LogP contribution in [-0.4, -0.2) is 52.4 Å². The van der Waals surface area contributed by atoms with E-state index in [0.29, 0.717) is 23.6 Å². The molecular weight excluding hydrogens is 349 g/mol. The van der Waals surface area contributed by atoms with Gasteiger partial charge in [0.05, 0.1) is 13.2 Å². The van der Waals surface area contributed by atoms with E-state index in [0.717, 1.165) is 38.0 Å². The van der Waals surface area contributed by atoms with Gasteiger partial charge in [0.2, 0.25) is 0 Å². The molecule has 1 N–H and O–H groups in total. The minimum Gasteiger partial charge on any atom is -0.488 e. The zero-order valence-corrected chi connectivity index (χ0v) is 15.3. The van der Waals surface area contributed by atoms with E-state index in [1.165, 1.54) is 12.1 Å². The van der Waals surface area contributed by atoms with E-state index in [-0.39, 0.29) is 11.9 Å². The van der Waals surface area contributed by atoms with Gasteiger partial charge in [0.15, 0.2) is 0 Å². The van der Waals surface area contributed by atoms with Gasteiger partial charge in [-0.2, -0.15) is 0 Å². The number of rotatable bonds is 5. The maximum Gasteiger partial charge on any atom is 0.316 e. The molecule has 0 spiro atoms. The van der Waals surface area contributed by atoms with Gasteiger partial charge in [-0.1, -0.05) is 0 Å². The van der Waals surface area contributed by atoms with Crippen molar-refractivity contribution in [1.29, 1.82) is 0 Å². The van der Waals surface area contributed by atoms with Crippen LogP contribution in [0.4, 0.5) is 4.39 Å². The molecule has 7 heteroatoms. The summed E-state index contributed by atoms with van der Waals surface area (Å²) in [6.07, 6.45) is 4.37. The molecule has 4 rings (SSSR count). The number of methoxy groups -OCH3 is 1. The summed E-state index contributed by atoms with van der Waals surface area (Å²) in [4.78, 5) is 10.7. The lowest BCUT2D eigenvalue weighted by Gasteiger charge is -2.35. The lowest BCUT2D eigenvalue weighted by Crippen LogP contribution is -2.42. The summed E-state index contributed by atoms with van der Waals surface area (Å²) < 4.78 is 24.0. The third kappa shape index (κ3) is 4.20. The van der Waals surface area contributed by atoms with Crippen LogP contribution in [0.5, 0.6) is 11.8 Å². The highest BCUT2D eigenvalue weighted by Gasteiger charge is 2.42. The molecule has 1 saturated carbocycles. The van der Waals surface area contributed by atoms with Gasteiger partial charge in [-0.05, 0) is 48.9 Å². The minimum absolute atomic E-state index is 0.249. The van der Waals surface area contributed by atoms with Crippen molar-refractivity contribution < 1.29 is 19.0 Å². The first-order valence-electron chi connectivity index (χ1n) is 9.28. The number of aromatic nitrogens is 2. The molecule has 6 nitrogen and oxygen atoms in total. The smallest absolute Gasteiger partial charge is 0.316 e. The lowest BCUT2D eigenvalue weighted by molar-refractivity contribution is -0.0231. The normalized spacial score (nSPS) is 28.0. The van der Waals surface area contributed by atoms with Gasteiger partial charge in [0.1, 0.15) is 17.7 Å². The van der Waals surface area contributed by atoms with Crippen molar-refractivity contribution in [2.75, 3.05) is 20.2 Å². The second-order valence-electron chi connectivity index (χ2n) is 7.44. The second kappa shape index (κ2) is 7.78. The Bertz CT molecular complexity index is 756. The number of ether oxygens (including phenoxy) is 2. The maximum atomic E-state index is 13.1. The number of hydrogen-bond donors (Lipinski definition) is 1. The topological polar surface area (TPSA) is 67.7 Å². The highest BCUT2D eigenvalue weighted by atomic mass is 19.1. The first-order valence-corrected chi connectivity index (χ1v) is 9.28. The summed E-state index contributed by atoms with van der Waals surface area (Å²) >= 11 is 0. The van der Waals surface area contributed by atoms with Crippen molar-refractivity contribution in [1.82, 2.24) is 14.9 Å². The van der Waals surface area contributed by atoms with Crippen molar-refractivity contribution in [2.24, 2.45) is 11.8 Å². The Hall–Kier alpha value is -2.25. The SMILES string of the molecule is COc1ncc(CN2C[C@H]3C[C@@H](Oc4ccc(F)cc4)[C@H](O)C[C@H]3C2)cn1. The summed E-state index contributed by atoms with van der Waals surface area (Å²) in [5, 5.41) is 10.5. The Balaban J connectivity index is 1.35. The number of nitrogens with zero attached hydrogens (tertiary/aromatic N) is 3. The fourth-order valence-electron chi connectivity index (χ4n) is 4.22. The predicted molar refractivity (Wildman–Crippen MR) is 96.9 cm³/mol. The Morgan fingerprint density at radius 2 is 1.78 bits per heavy atom. The molecule has 1 aliphatic carbocycles. The summed E-state index contributed by atoms with van der Waals surface area (Å²) in [5.74, 6) is 1.26. The van der Waals surface area contributed by atoms with Crippen molar-refractivity contribution >= 4 is 0 Å². The monoisotopic (exact) mass is 373 g/mol. The van der Waals surface area contributed by atoms with E-state index in [1.807, 2.05) is 0 Å². The minimum atomic E-state index is -0.499. The Morgan fingerprint density at radius 3 is 2.44 bits per heavy atom. The van der Waals surface area contributed by atoms with E-state index in [9.17, 15) is 9.50 Å². The summed E-state index contributed by atoms with van der Waals surface area (Å²) in [6, 6.07) is 6.35. The molecule has 1 aromatic carbocycles. The molecule has 0 bridgehead atoms. The fourth-order valence-corrected chi connectivity index (χ4v) is 4.22. The maximum absolute atomic E-state index is 13.1. The molecule has 0 radical (unpaired) electrons. The summed E-state index contributed by atoms with van der Waals surface area (Å²) in [5.41, 5.74) is 1.05. The molecule has 1 aliphatic heterocycles. The van der Waals surface area contributed by atoms with Crippen LogP contribution in [0, 0.1) is 17.7 Å². The van der Waals surface area contributed by atoms with E-state index < -0.39 is 6.10 Å². The van der Waals surface area contributed by atoms with Gasteiger partial charge < -0.3 is 14.6 Å². The number of aliphatic hydroxyl groups excluding tert-OH is 1. The van der Waals surface area contributed by atoms with Crippen molar-refractivity contribution in [3.63, 3.8) is 0 Å². The highest BCUT2D eigenvalue weighted by Crippen LogP contribution is 2.38. The number of likely N-dealkylation sites (tertiary alicyclic amines) is 1. The fraction of sp³-hybridized carbons (Fsp3) is 0.500. The average molecular weight is 373 g/mol. The van der Waals surface area contributed by atoms with Crippen molar-refractivity contribution in [3.8, 4) is 11.8 Å². The number of fused-ring (bicyclic) bond motifs is 1. The molecule has 2 aliphatic rings. The third-order valence-corrected chi connectivity index (χ3v) is 5.53. The van der Waals surface area contributed by atoms with Crippen LogP contribution in [0.15, 0.2) is 36.7 Å². The van der Waals surface area contributed by atoms with Crippen LogP contribution in [0.3, 0.4) is 0 Å². The second-order valence-corrected chi connectivity index (χ2v) is 7.44. The molecule has 4 atom stereocenters. The van der Waals surface area contributed by atoms with Gasteiger partial charge >= 0.3 is 6.01 Å². The zero-order valence-electron chi connectivity index (χ0n) is 15.3. The molecule has 1 aromatic heterocycles. The first-order chi connectivity index (χ1) is 13.1. The first kappa shape index (κ1) is 18.1. The van der Waals surface area contributed by atoms with Crippen LogP contribution in [0.25, 0.3) is 0 Å². The van der Waals surface area contributed by atoms with Crippen molar-refractivity contribution in [2.45, 2.75) is 31.6 Å². The molecule has 27 heavy (non-hydrogen) atoms. The summed E-state index contributed by atoms with van der Waals surface area (Å²) in [6.45, 7) is 2.71. The molecule has 2 heterocycles. The molecule has 2 aromatic rings. The van der Waals surface area contributed by atoms with Crippen LogP contribution < -0.4 is 9.47 Å². The quantitative estimate of drug-likeness (QED) is 0.867. The van der Waals surface area contributed by atoms with E-state index in [2.05, 4.69) is 14.9 Å². The zero-order chi connectivity index (χ0) is 18.8. The van der Waals surface area contributed by atoms with Crippen LogP contribution in [-0.2, 0) is 6.54 Å². The van der Waals surface area contributed by atoms with E-state index in [4.69, 9.17) is 9.47 Å².